The molecule has 4 aromatic rings. The number of likely N-dealkylation sites (tertiary alicyclic amines) is 1. The van der Waals surface area contributed by atoms with Crippen molar-refractivity contribution in [2.75, 3.05) is 27.3 Å². The molecule has 0 bridgehead atoms. The van der Waals surface area contributed by atoms with Crippen molar-refractivity contribution in [3.8, 4) is 28.4 Å². The number of imide groups is 1. The number of carbonyl (C=O) groups is 3. The van der Waals surface area contributed by atoms with Crippen LogP contribution < -0.4 is 25.1 Å². The van der Waals surface area contributed by atoms with Crippen molar-refractivity contribution in [3.05, 3.63) is 81.5 Å². The van der Waals surface area contributed by atoms with Crippen LogP contribution in [0.5, 0.6) is 17.2 Å². The van der Waals surface area contributed by atoms with Gasteiger partial charge < -0.3 is 23.6 Å². The van der Waals surface area contributed by atoms with Crippen LogP contribution in [0.3, 0.4) is 0 Å². The number of rotatable bonds is 10. The number of pyridine rings is 2. The molecule has 2 saturated heterocycles. The summed E-state index contributed by atoms with van der Waals surface area (Å²) in [5.74, 6) is 3.35. The lowest BCUT2D eigenvalue weighted by molar-refractivity contribution is -0.135. The summed E-state index contributed by atoms with van der Waals surface area (Å²) in [6.45, 7) is 12.3. The number of methoxy groups -OCH3 is 2. The predicted molar refractivity (Wildman–Crippen MR) is 210 cm³/mol. The number of nitrogens with one attached hydrogen (secondary N) is 1. The number of hydrogen-bond donors (Lipinski definition) is 1. The van der Waals surface area contributed by atoms with E-state index in [4.69, 9.17) is 19.0 Å². The highest BCUT2D eigenvalue weighted by atomic mass is 16.5. The lowest BCUT2D eigenvalue weighted by Gasteiger charge is -2.39. The molecule has 0 spiro atoms. The zero-order valence-corrected chi connectivity index (χ0v) is 32.9. The van der Waals surface area contributed by atoms with Gasteiger partial charge in [-0.3, -0.25) is 29.6 Å². The minimum atomic E-state index is -0.141. The Bertz CT molecular complexity index is 2020. The van der Waals surface area contributed by atoms with Gasteiger partial charge >= 0.3 is 0 Å². The maximum absolute atomic E-state index is 12.9. The molecule has 3 fully saturated rings. The second-order valence-corrected chi connectivity index (χ2v) is 15.0. The molecule has 0 radical (unpaired) electrons. The molecule has 288 valence electrons. The van der Waals surface area contributed by atoms with Crippen LogP contribution in [0.1, 0.15) is 81.7 Å². The molecule has 1 unspecified atom stereocenters. The van der Waals surface area contributed by atoms with E-state index in [2.05, 4.69) is 72.4 Å². The molecule has 7 rings (SSSR count). The normalized spacial score (nSPS) is 17.1. The number of piperidine rings is 1. The molecule has 2 aromatic carbocycles. The van der Waals surface area contributed by atoms with Crippen molar-refractivity contribution >= 4 is 28.9 Å². The lowest BCUT2D eigenvalue weighted by atomic mass is 9.97. The van der Waals surface area contributed by atoms with Gasteiger partial charge in [-0.2, -0.15) is 0 Å². The minimum absolute atomic E-state index is 0.0164. The van der Waals surface area contributed by atoms with E-state index in [1.54, 1.807) is 32.0 Å². The summed E-state index contributed by atoms with van der Waals surface area (Å²) in [5, 5.41) is 3.79. The van der Waals surface area contributed by atoms with Gasteiger partial charge in [0.15, 0.2) is 0 Å². The third-order valence-corrected chi connectivity index (χ3v) is 10.1. The Morgan fingerprint density at radius 2 is 1.65 bits per heavy atom. The van der Waals surface area contributed by atoms with E-state index >= 15 is 0 Å². The zero-order valence-electron chi connectivity index (χ0n) is 32.9. The van der Waals surface area contributed by atoms with Crippen molar-refractivity contribution in [3.63, 3.8) is 0 Å². The Balaban J connectivity index is 0.000000402. The molecule has 2 aromatic heterocycles. The summed E-state index contributed by atoms with van der Waals surface area (Å²) < 4.78 is 19.8. The standard InChI is InChI=1S/C35H41N3O4.C6H9NO2.C2H4O/c1-21(2)11-24-9-10-26(12-22(24)3)42-27-17-38(18-27)20-31-33(40-5)13-25(14-34(31)41-6)30-19-37(4)35(39)29-16-36-32(15-28(29)30)23-7-8-23;1-4-2-3-5(8)7-6(4)9;1-2-3/h9-10,12-16,19,21,23,27H,7-8,11,17-18,20H2,1-6H3;4H,2-3H2,1H3,(H,7,8,9);2H,1H3. The number of nitrogens with zero attached hydrogens (tertiary/aromatic N) is 3. The average Bonchev–Trinajstić information content (AvgIpc) is 3.98. The molecule has 2 amide bonds. The van der Waals surface area contributed by atoms with Gasteiger partial charge in [0.2, 0.25) is 11.8 Å². The van der Waals surface area contributed by atoms with Gasteiger partial charge in [0, 0.05) is 68.6 Å². The van der Waals surface area contributed by atoms with Crippen LogP contribution in [-0.2, 0) is 34.4 Å². The van der Waals surface area contributed by atoms with Gasteiger partial charge in [-0.05, 0) is 97.9 Å². The van der Waals surface area contributed by atoms with Crippen LogP contribution in [0, 0.1) is 18.8 Å². The van der Waals surface area contributed by atoms with Crippen LogP contribution in [0.15, 0.2) is 53.6 Å². The number of amides is 2. The number of ether oxygens (including phenoxy) is 3. The average molecular weight is 739 g/mol. The fraction of sp³-hybridized carbons (Fsp3) is 0.465. The summed E-state index contributed by atoms with van der Waals surface area (Å²) in [7, 11) is 5.18. The smallest absolute Gasteiger partial charge is 0.259 e. The van der Waals surface area contributed by atoms with E-state index < -0.39 is 0 Å². The van der Waals surface area contributed by atoms with Crippen LogP contribution >= 0.6 is 0 Å². The van der Waals surface area contributed by atoms with Crippen molar-refractivity contribution in [1.29, 1.82) is 0 Å². The maximum atomic E-state index is 12.9. The largest absolute Gasteiger partial charge is 0.496 e. The molecule has 1 saturated carbocycles. The topological polar surface area (TPSA) is 129 Å². The van der Waals surface area contributed by atoms with Gasteiger partial charge in [0.25, 0.3) is 5.56 Å². The third kappa shape index (κ3) is 9.74. The summed E-state index contributed by atoms with van der Waals surface area (Å²) in [5.41, 5.74) is 6.61. The van der Waals surface area contributed by atoms with E-state index in [9.17, 15) is 14.4 Å². The summed E-state index contributed by atoms with van der Waals surface area (Å²) in [6.07, 6.45) is 9.14. The molecule has 4 heterocycles. The highest BCUT2D eigenvalue weighted by Gasteiger charge is 2.31. The molecule has 1 aliphatic carbocycles. The number of fused-ring (bicyclic) bond motifs is 1. The first-order valence-corrected chi connectivity index (χ1v) is 18.8. The summed E-state index contributed by atoms with van der Waals surface area (Å²) >= 11 is 0. The maximum Gasteiger partial charge on any atom is 0.259 e. The monoisotopic (exact) mass is 738 g/mol. The SMILES string of the molecule is CC1CCC(=O)NC1=O.CC=O.COc1cc(-c2cn(C)c(=O)c3cnc(C4CC4)cc23)cc(OC)c1CN1CC(Oc2ccc(CC(C)C)c(C)c2)C1. The van der Waals surface area contributed by atoms with Crippen molar-refractivity contribution in [1.82, 2.24) is 19.8 Å². The first-order chi connectivity index (χ1) is 25.8. The molecule has 1 N–H and O–H groups in total. The predicted octanol–water partition coefficient (Wildman–Crippen LogP) is 6.53. The molecule has 11 nitrogen and oxygen atoms in total. The molecule has 54 heavy (non-hydrogen) atoms. The van der Waals surface area contributed by atoms with E-state index in [0.29, 0.717) is 36.6 Å². The number of aldehydes is 1. The van der Waals surface area contributed by atoms with Crippen molar-refractivity contribution in [2.24, 2.45) is 18.9 Å². The zero-order chi connectivity index (χ0) is 39.1. The number of hydrogen-bond acceptors (Lipinski definition) is 9. The van der Waals surface area contributed by atoms with E-state index in [1.807, 2.05) is 13.1 Å². The molecular formula is C43H54N4O7. The summed E-state index contributed by atoms with van der Waals surface area (Å²) in [4.78, 5) is 49.9. The van der Waals surface area contributed by atoms with Gasteiger partial charge in [-0.1, -0.05) is 26.8 Å². The quantitative estimate of drug-likeness (QED) is 0.143. The highest BCUT2D eigenvalue weighted by Crippen LogP contribution is 2.42. The number of aryl methyl sites for hydroxylation is 2. The Morgan fingerprint density at radius 1 is 0.981 bits per heavy atom. The molecule has 2 aliphatic heterocycles. The Labute approximate surface area is 318 Å². The van der Waals surface area contributed by atoms with Crippen LogP contribution in [0.4, 0.5) is 0 Å². The first-order valence-electron chi connectivity index (χ1n) is 18.8. The van der Waals surface area contributed by atoms with Crippen LogP contribution in [-0.4, -0.2) is 66.0 Å². The number of benzene rings is 2. The second kappa shape index (κ2) is 17.9. The first kappa shape index (κ1) is 40.2. The number of carbonyl (C=O) groups excluding carboxylic acids is 3. The van der Waals surface area contributed by atoms with Crippen molar-refractivity contribution in [2.45, 2.75) is 85.3 Å². The van der Waals surface area contributed by atoms with E-state index in [1.165, 1.54) is 18.1 Å². The molecule has 11 heteroatoms. The Morgan fingerprint density at radius 3 is 2.20 bits per heavy atom. The van der Waals surface area contributed by atoms with Gasteiger partial charge in [0.05, 0.1) is 25.2 Å². The van der Waals surface area contributed by atoms with Crippen LogP contribution in [0.2, 0.25) is 0 Å². The highest BCUT2D eigenvalue weighted by molar-refractivity contribution is 5.98. The Kier molecular flexibility index (Phi) is 13.3. The van der Waals surface area contributed by atoms with Crippen LogP contribution in [0.25, 0.3) is 21.9 Å². The van der Waals surface area contributed by atoms with E-state index in [0.717, 1.165) is 83.7 Å². The van der Waals surface area contributed by atoms with Crippen molar-refractivity contribution < 1.29 is 28.6 Å². The second-order valence-electron chi connectivity index (χ2n) is 15.0. The Hall–Kier alpha value is -5.03. The third-order valence-electron chi connectivity index (χ3n) is 10.1. The lowest BCUT2D eigenvalue weighted by Crippen LogP contribution is -2.53. The molecule has 3 aliphatic rings. The summed E-state index contributed by atoms with van der Waals surface area (Å²) in [6, 6.07) is 12.7. The number of aromatic nitrogens is 2. The molecule has 1 atom stereocenters. The minimum Gasteiger partial charge on any atom is -0.496 e. The van der Waals surface area contributed by atoms with E-state index in [-0.39, 0.29) is 29.4 Å². The fourth-order valence-corrected chi connectivity index (χ4v) is 6.86. The van der Waals surface area contributed by atoms with Gasteiger partial charge in [-0.15, -0.1) is 0 Å². The molecular weight excluding hydrogens is 684 g/mol. The van der Waals surface area contributed by atoms with Gasteiger partial charge in [-0.25, -0.2) is 0 Å². The fourth-order valence-electron chi connectivity index (χ4n) is 6.86. The van der Waals surface area contributed by atoms with Gasteiger partial charge in [0.1, 0.15) is 29.6 Å².